The van der Waals surface area contributed by atoms with Crippen molar-refractivity contribution in [2.75, 3.05) is 31.1 Å². The van der Waals surface area contributed by atoms with Gasteiger partial charge in [0.15, 0.2) is 0 Å². The highest BCUT2D eigenvalue weighted by Crippen LogP contribution is 2.33. The number of pyridine rings is 1. The number of hydrogen-bond acceptors (Lipinski definition) is 4. The molecule has 2 aromatic rings. The Morgan fingerprint density at radius 2 is 1.80 bits per heavy atom. The molecule has 4 rings (SSSR count). The van der Waals surface area contributed by atoms with Gasteiger partial charge in [0.1, 0.15) is 6.07 Å². The van der Waals surface area contributed by atoms with Crippen molar-refractivity contribution in [2.45, 2.75) is 45.6 Å². The molecular weight excluding hydrogens is 308 g/mol. The number of aryl methyl sites for hydroxylation is 2. The third-order valence-corrected chi connectivity index (χ3v) is 5.87. The summed E-state index contributed by atoms with van der Waals surface area (Å²) in [6, 6.07) is 7.52. The largest absolute Gasteiger partial charge is 0.367 e. The quantitative estimate of drug-likeness (QED) is 0.838. The van der Waals surface area contributed by atoms with E-state index in [1.54, 1.807) is 6.20 Å². The molecule has 4 nitrogen and oxygen atoms in total. The van der Waals surface area contributed by atoms with Gasteiger partial charge in [0.05, 0.1) is 16.8 Å². The van der Waals surface area contributed by atoms with Crippen LogP contribution in [0.15, 0.2) is 18.3 Å². The first-order chi connectivity index (χ1) is 12.2. The molecular formula is C21H26N4. The number of nitriles is 1. The molecule has 2 heterocycles. The minimum atomic E-state index is 0.701. The van der Waals surface area contributed by atoms with Crippen molar-refractivity contribution in [3.05, 3.63) is 35.0 Å². The van der Waals surface area contributed by atoms with E-state index >= 15 is 0 Å². The van der Waals surface area contributed by atoms with Gasteiger partial charge in [-0.2, -0.15) is 5.26 Å². The summed E-state index contributed by atoms with van der Waals surface area (Å²) >= 11 is 0. The number of anilines is 1. The van der Waals surface area contributed by atoms with Crippen LogP contribution < -0.4 is 4.90 Å². The summed E-state index contributed by atoms with van der Waals surface area (Å²) in [5.41, 5.74) is 5.23. The molecule has 0 radical (unpaired) electrons. The van der Waals surface area contributed by atoms with Gasteiger partial charge in [-0.15, -0.1) is 0 Å². The zero-order valence-corrected chi connectivity index (χ0v) is 15.3. The number of rotatable bonds is 2. The summed E-state index contributed by atoms with van der Waals surface area (Å²) in [5, 5.41) is 10.8. The molecule has 0 N–H and O–H groups in total. The molecule has 2 aliphatic rings. The molecule has 0 unspecified atom stereocenters. The van der Waals surface area contributed by atoms with E-state index in [-0.39, 0.29) is 0 Å². The van der Waals surface area contributed by atoms with Crippen LogP contribution in [0.4, 0.5) is 5.69 Å². The van der Waals surface area contributed by atoms with Crippen molar-refractivity contribution in [3.8, 4) is 6.07 Å². The molecule has 0 spiro atoms. The molecule has 25 heavy (non-hydrogen) atoms. The fourth-order valence-corrected chi connectivity index (χ4v) is 4.65. The zero-order chi connectivity index (χ0) is 17.4. The second kappa shape index (κ2) is 6.65. The van der Waals surface area contributed by atoms with E-state index in [1.807, 2.05) is 0 Å². The molecule has 1 saturated heterocycles. The van der Waals surface area contributed by atoms with Gasteiger partial charge >= 0.3 is 0 Å². The van der Waals surface area contributed by atoms with E-state index in [0.29, 0.717) is 5.56 Å². The highest BCUT2D eigenvalue weighted by Gasteiger charge is 2.27. The second-order valence-electron chi connectivity index (χ2n) is 7.57. The van der Waals surface area contributed by atoms with E-state index in [0.717, 1.165) is 48.8 Å². The van der Waals surface area contributed by atoms with Crippen LogP contribution in [0, 0.1) is 25.2 Å². The summed E-state index contributed by atoms with van der Waals surface area (Å²) in [4.78, 5) is 9.64. The molecule has 1 aromatic carbocycles. The van der Waals surface area contributed by atoms with Crippen LogP contribution >= 0.6 is 0 Å². The fourth-order valence-electron chi connectivity index (χ4n) is 4.65. The van der Waals surface area contributed by atoms with Crippen molar-refractivity contribution in [1.29, 1.82) is 5.26 Å². The van der Waals surface area contributed by atoms with Crippen molar-refractivity contribution in [3.63, 3.8) is 0 Å². The number of nitrogens with zero attached hydrogens (tertiary/aromatic N) is 4. The van der Waals surface area contributed by atoms with Gasteiger partial charge in [0, 0.05) is 43.8 Å². The number of benzene rings is 1. The zero-order valence-electron chi connectivity index (χ0n) is 15.3. The normalized spacial score (nSPS) is 19.5. The maximum Gasteiger partial charge on any atom is 0.103 e. The molecule has 1 saturated carbocycles. The lowest BCUT2D eigenvalue weighted by Gasteiger charge is -2.39. The van der Waals surface area contributed by atoms with Crippen molar-refractivity contribution in [1.82, 2.24) is 9.88 Å². The predicted molar refractivity (Wildman–Crippen MR) is 102 cm³/mol. The van der Waals surface area contributed by atoms with Crippen LogP contribution in [0.5, 0.6) is 0 Å². The summed E-state index contributed by atoms with van der Waals surface area (Å²) in [6.45, 7) is 8.42. The third-order valence-electron chi connectivity index (χ3n) is 5.87. The van der Waals surface area contributed by atoms with Gasteiger partial charge in [-0.05, 0) is 38.3 Å². The Bertz CT molecular complexity index is 822. The molecule has 0 atom stereocenters. The van der Waals surface area contributed by atoms with E-state index in [2.05, 4.69) is 46.8 Å². The number of aromatic nitrogens is 1. The molecule has 130 valence electrons. The lowest BCUT2D eigenvalue weighted by molar-refractivity contribution is 0.187. The Hall–Kier alpha value is -2.12. The molecule has 1 aromatic heterocycles. The van der Waals surface area contributed by atoms with E-state index in [9.17, 15) is 5.26 Å². The highest BCUT2D eigenvalue weighted by atomic mass is 15.3. The Labute approximate surface area is 150 Å². The molecule has 2 fully saturated rings. The summed E-state index contributed by atoms with van der Waals surface area (Å²) < 4.78 is 0. The number of fused-ring (bicyclic) bond motifs is 1. The maximum absolute atomic E-state index is 9.64. The molecule has 1 aliphatic heterocycles. The van der Waals surface area contributed by atoms with E-state index in [4.69, 9.17) is 0 Å². The first kappa shape index (κ1) is 16.4. The first-order valence-corrected chi connectivity index (χ1v) is 9.46. The van der Waals surface area contributed by atoms with Crippen LogP contribution in [0.2, 0.25) is 0 Å². The van der Waals surface area contributed by atoms with Gasteiger partial charge < -0.3 is 4.90 Å². The SMILES string of the molecule is Cc1cc(C)c2ncc(C#N)c(N3CCN(C4CCCC4)CC3)c2c1. The van der Waals surface area contributed by atoms with Crippen LogP contribution in [0.25, 0.3) is 10.9 Å². The average Bonchev–Trinajstić information content (AvgIpc) is 3.15. The maximum atomic E-state index is 9.64. The summed E-state index contributed by atoms with van der Waals surface area (Å²) in [5.74, 6) is 0. The van der Waals surface area contributed by atoms with E-state index < -0.39 is 0 Å². The van der Waals surface area contributed by atoms with Gasteiger partial charge in [0.2, 0.25) is 0 Å². The number of piperazine rings is 1. The Morgan fingerprint density at radius 1 is 1.08 bits per heavy atom. The first-order valence-electron chi connectivity index (χ1n) is 9.46. The summed E-state index contributed by atoms with van der Waals surface area (Å²) in [6.07, 6.45) is 7.25. The fraction of sp³-hybridized carbons (Fsp3) is 0.524. The monoisotopic (exact) mass is 334 g/mol. The lowest BCUT2D eigenvalue weighted by atomic mass is 10.0. The highest BCUT2D eigenvalue weighted by molar-refractivity contribution is 5.96. The van der Waals surface area contributed by atoms with Crippen molar-refractivity contribution >= 4 is 16.6 Å². The Kier molecular flexibility index (Phi) is 4.35. The molecule has 0 amide bonds. The topological polar surface area (TPSA) is 43.2 Å². The minimum absolute atomic E-state index is 0.701. The van der Waals surface area contributed by atoms with Crippen molar-refractivity contribution < 1.29 is 0 Å². The van der Waals surface area contributed by atoms with Gasteiger partial charge in [0.25, 0.3) is 0 Å². The van der Waals surface area contributed by atoms with Gasteiger partial charge in [-0.1, -0.05) is 24.5 Å². The van der Waals surface area contributed by atoms with Crippen molar-refractivity contribution in [2.24, 2.45) is 0 Å². The van der Waals surface area contributed by atoms with Gasteiger partial charge in [-0.3, -0.25) is 9.88 Å². The molecule has 4 heteroatoms. The Balaban J connectivity index is 1.68. The smallest absolute Gasteiger partial charge is 0.103 e. The van der Waals surface area contributed by atoms with Crippen LogP contribution in [-0.2, 0) is 0 Å². The second-order valence-corrected chi connectivity index (χ2v) is 7.57. The van der Waals surface area contributed by atoms with Crippen LogP contribution in [0.1, 0.15) is 42.4 Å². The third kappa shape index (κ3) is 2.98. The minimum Gasteiger partial charge on any atom is -0.367 e. The number of hydrogen-bond donors (Lipinski definition) is 0. The molecule has 1 aliphatic carbocycles. The Morgan fingerprint density at radius 3 is 2.48 bits per heavy atom. The van der Waals surface area contributed by atoms with Crippen LogP contribution in [0.3, 0.4) is 0 Å². The summed E-state index contributed by atoms with van der Waals surface area (Å²) in [7, 11) is 0. The lowest BCUT2D eigenvalue weighted by Crippen LogP contribution is -2.50. The van der Waals surface area contributed by atoms with E-state index in [1.165, 1.54) is 36.8 Å². The van der Waals surface area contributed by atoms with Crippen LogP contribution in [-0.4, -0.2) is 42.1 Å². The van der Waals surface area contributed by atoms with Gasteiger partial charge in [-0.25, -0.2) is 0 Å². The molecule has 0 bridgehead atoms. The predicted octanol–water partition coefficient (Wildman–Crippen LogP) is 3.79. The standard InChI is InChI=1S/C21H26N4/c1-15-11-16(2)20-19(12-15)21(17(13-22)14-23-20)25-9-7-24(8-10-25)18-5-3-4-6-18/h11-12,14,18H,3-10H2,1-2H3. The average molecular weight is 334 g/mol.